The van der Waals surface area contributed by atoms with E-state index in [1.54, 1.807) is 18.3 Å². The monoisotopic (exact) mass is 498 g/mol. The molecule has 1 N–H and O–H groups in total. The van der Waals surface area contributed by atoms with Crippen LogP contribution in [0.1, 0.15) is 23.2 Å². The molecule has 0 saturated carbocycles. The summed E-state index contributed by atoms with van der Waals surface area (Å²) < 4.78 is 65.9. The molecule has 0 saturated heterocycles. The molecule has 4 rings (SSSR count). The van der Waals surface area contributed by atoms with Crippen LogP contribution in [-0.4, -0.2) is 40.8 Å². The molecule has 1 aliphatic rings. The van der Waals surface area contributed by atoms with Gasteiger partial charge < -0.3 is 9.88 Å². The molecule has 3 aromatic rings. The fourth-order valence-corrected chi connectivity index (χ4v) is 5.23. The standard InChI is InChI=1S/C22H22ClF3N4O2S/c23-18-7-9-21-17(10-18)12-29(33(31,32)22(24,25)26)14-20(8-6-16-4-2-1-3-5-16)30(21)13-19-11-27-15-28-19/h1-5,7,9-11,15,20H,6,8,12-14H2,(H,27,28)/t20-/m0/s1. The quantitative estimate of drug-likeness (QED) is 0.533. The molecular weight excluding hydrogens is 477 g/mol. The lowest BCUT2D eigenvalue weighted by atomic mass is 10.0. The van der Waals surface area contributed by atoms with Crippen molar-refractivity contribution in [2.24, 2.45) is 0 Å². The minimum absolute atomic E-state index is 0.310. The lowest BCUT2D eigenvalue weighted by Crippen LogP contribution is -2.47. The largest absolute Gasteiger partial charge is 0.511 e. The van der Waals surface area contributed by atoms with Gasteiger partial charge in [-0.05, 0) is 42.2 Å². The number of hydrogen-bond acceptors (Lipinski definition) is 4. The lowest BCUT2D eigenvalue weighted by molar-refractivity contribution is -0.0492. The highest BCUT2D eigenvalue weighted by Crippen LogP contribution is 2.36. The molecule has 0 radical (unpaired) electrons. The van der Waals surface area contributed by atoms with Gasteiger partial charge in [-0.25, -0.2) is 13.4 Å². The van der Waals surface area contributed by atoms with Crippen LogP contribution in [0.3, 0.4) is 0 Å². The minimum Gasteiger partial charge on any atom is -0.361 e. The average molecular weight is 499 g/mol. The van der Waals surface area contributed by atoms with Crippen LogP contribution in [-0.2, 0) is 29.5 Å². The Balaban J connectivity index is 1.76. The number of halogens is 4. The fourth-order valence-electron chi connectivity index (χ4n) is 4.07. The molecule has 0 unspecified atom stereocenters. The van der Waals surface area contributed by atoms with Gasteiger partial charge >= 0.3 is 15.5 Å². The van der Waals surface area contributed by atoms with Gasteiger partial charge in [-0.2, -0.15) is 17.5 Å². The number of aryl methyl sites for hydroxylation is 1. The smallest absolute Gasteiger partial charge is 0.361 e. The Kier molecular flexibility index (Phi) is 6.69. The Morgan fingerprint density at radius 3 is 2.58 bits per heavy atom. The summed E-state index contributed by atoms with van der Waals surface area (Å²) in [6.07, 6.45) is 4.19. The highest BCUT2D eigenvalue weighted by atomic mass is 35.5. The van der Waals surface area contributed by atoms with E-state index < -0.39 is 28.1 Å². The number of benzene rings is 2. The van der Waals surface area contributed by atoms with Gasteiger partial charge in [-0.15, -0.1) is 0 Å². The van der Waals surface area contributed by atoms with Crippen molar-refractivity contribution < 1.29 is 21.6 Å². The third-order valence-corrected chi connectivity index (χ3v) is 7.47. The van der Waals surface area contributed by atoms with Crippen LogP contribution >= 0.6 is 11.6 Å². The summed E-state index contributed by atoms with van der Waals surface area (Å²) in [5.41, 5.74) is -2.56. The first-order chi connectivity index (χ1) is 15.6. The van der Waals surface area contributed by atoms with E-state index in [0.717, 1.165) is 11.3 Å². The number of imidazole rings is 1. The van der Waals surface area contributed by atoms with E-state index in [4.69, 9.17) is 11.6 Å². The molecule has 2 aromatic carbocycles. The van der Waals surface area contributed by atoms with E-state index in [1.165, 1.54) is 12.4 Å². The zero-order chi connectivity index (χ0) is 23.6. The molecule has 0 spiro atoms. The Morgan fingerprint density at radius 2 is 1.91 bits per heavy atom. The van der Waals surface area contributed by atoms with Gasteiger partial charge in [0.05, 0.1) is 18.6 Å². The second kappa shape index (κ2) is 9.36. The van der Waals surface area contributed by atoms with Crippen LogP contribution < -0.4 is 4.90 Å². The number of nitrogens with zero attached hydrogens (tertiary/aromatic N) is 3. The number of aromatic nitrogens is 2. The van der Waals surface area contributed by atoms with Crippen molar-refractivity contribution in [3.8, 4) is 0 Å². The van der Waals surface area contributed by atoms with Crippen molar-refractivity contribution in [2.75, 3.05) is 11.4 Å². The molecule has 0 bridgehead atoms. The van der Waals surface area contributed by atoms with Crippen LogP contribution in [0.4, 0.5) is 18.9 Å². The van der Waals surface area contributed by atoms with Gasteiger partial charge in [-0.3, -0.25) is 0 Å². The molecule has 0 aliphatic carbocycles. The molecule has 176 valence electrons. The molecule has 33 heavy (non-hydrogen) atoms. The van der Waals surface area contributed by atoms with E-state index in [9.17, 15) is 21.6 Å². The van der Waals surface area contributed by atoms with Gasteiger partial charge in [0.1, 0.15) is 0 Å². The van der Waals surface area contributed by atoms with Crippen molar-refractivity contribution in [1.29, 1.82) is 0 Å². The highest BCUT2D eigenvalue weighted by molar-refractivity contribution is 7.89. The zero-order valence-electron chi connectivity index (χ0n) is 17.5. The summed E-state index contributed by atoms with van der Waals surface area (Å²) in [6.45, 7) is -0.401. The molecule has 2 heterocycles. The average Bonchev–Trinajstić information content (AvgIpc) is 3.22. The van der Waals surface area contributed by atoms with Crippen LogP contribution in [0.2, 0.25) is 5.02 Å². The first kappa shape index (κ1) is 23.6. The first-order valence-corrected chi connectivity index (χ1v) is 12.1. The van der Waals surface area contributed by atoms with E-state index in [-0.39, 0.29) is 6.54 Å². The summed E-state index contributed by atoms with van der Waals surface area (Å²) >= 11 is 6.12. The third-order valence-electron chi connectivity index (χ3n) is 5.69. The van der Waals surface area contributed by atoms with Gasteiger partial charge in [0.25, 0.3) is 0 Å². The normalized spacial score (nSPS) is 17.6. The summed E-state index contributed by atoms with van der Waals surface area (Å²) in [7, 11) is -5.54. The maximum Gasteiger partial charge on any atom is 0.511 e. The number of sulfonamides is 1. The Labute approximate surface area is 195 Å². The number of anilines is 1. The SMILES string of the molecule is O=S(=O)(N1Cc2cc(Cl)ccc2N(Cc2cnc[nH]2)[C@@H](CCc2ccccc2)C1)C(F)(F)F. The van der Waals surface area contributed by atoms with Crippen molar-refractivity contribution in [2.45, 2.75) is 37.5 Å². The van der Waals surface area contributed by atoms with Crippen molar-refractivity contribution in [1.82, 2.24) is 14.3 Å². The zero-order valence-corrected chi connectivity index (χ0v) is 19.0. The summed E-state index contributed by atoms with van der Waals surface area (Å²) in [5.74, 6) is 0. The summed E-state index contributed by atoms with van der Waals surface area (Å²) in [4.78, 5) is 8.98. The van der Waals surface area contributed by atoms with E-state index in [2.05, 4.69) is 9.97 Å². The second-order valence-electron chi connectivity index (χ2n) is 7.90. The van der Waals surface area contributed by atoms with Crippen molar-refractivity contribution in [3.63, 3.8) is 0 Å². The van der Waals surface area contributed by atoms with Gasteiger partial charge in [0.15, 0.2) is 0 Å². The van der Waals surface area contributed by atoms with E-state index in [1.807, 2.05) is 35.2 Å². The molecule has 0 amide bonds. The molecule has 0 fully saturated rings. The minimum atomic E-state index is -5.54. The molecule has 11 heteroatoms. The van der Waals surface area contributed by atoms with E-state index >= 15 is 0 Å². The number of H-pyrrole nitrogens is 1. The van der Waals surface area contributed by atoms with Gasteiger partial charge in [0.2, 0.25) is 0 Å². The van der Waals surface area contributed by atoms with Crippen LogP contribution in [0.25, 0.3) is 0 Å². The number of aromatic amines is 1. The topological polar surface area (TPSA) is 69.3 Å². The molecule has 6 nitrogen and oxygen atoms in total. The Bertz CT molecular complexity index is 1190. The maximum atomic E-state index is 13.5. The number of hydrogen-bond donors (Lipinski definition) is 1. The first-order valence-electron chi connectivity index (χ1n) is 10.3. The maximum absolute atomic E-state index is 13.5. The predicted octanol–water partition coefficient (Wildman–Crippen LogP) is 4.74. The van der Waals surface area contributed by atoms with Crippen LogP contribution in [0, 0.1) is 0 Å². The highest BCUT2D eigenvalue weighted by Gasteiger charge is 2.51. The molecule has 1 aromatic heterocycles. The number of rotatable bonds is 6. The Hall–Kier alpha value is -2.56. The number of alkyl halides is 3. The number of fused-ring (bicyclic) bond motifs is 1. The van der Waals surface area contributed by atoms with Crippen molar-refractivity contribution in [3.05, 3.63) is 82.9 Å². The molecular formula is C22H22ClF3N4O2S. The van der Waals surface area contributed by atoms with E-state index in [0.29, 0.717) is 40.0 Å². The van der Waals surface area contributed by atoms with Crippen molar-refractivity contribution >= 4 is 27.3 Å². The fraction of sp³-hybridized carbons (Fsp3) is 0.318. The molecule has 1 aliphatic heterocycles. The summed E-state index contributed by atoms with van der Waals surface area (Å²) in [5, 5.41) is 0.322. The second-order valence-corrected chi connectivity index (χ2v) is 10.3. The van der Waals surface area contributed by atoms with Gasteiger partial charge in [0, 0.05) is 36.0 Å². The number of nitrogens with one attached hydrogen (secondary N) is 1. The van der Waals surface area contributed by atoms with Crippen LogP contribution in [0.5, 0.6) is 0 Å². The third kappa shape index (κ3) is 5.18. The summed E-state index contributed by atoms with van der Waals surface area (Å²) in [6, 6.07) is 13.9. The van der Waals surface area contributed by atoms with Crippen LogP contribution in [0.15, 0.2) is 61.1 Å². The molecule has 1 atom stereocenters. The van der Waals surface area contributed by atoms with Gasteiger partial charge in [-0.1, -0.05) is 41.9 Å². The Morgan fingerprint density at radius 1 is 1.15 bits per heavy atom. The predicted molar refractivity (Wildman–Crippen MR) is 120 cm³/mol. The lowest BCUT2D eigenvalue weighted by Gasteiger charge is -2.34.